The molecule has 0 saturated heterocycles. The van der Waals surface area contributed by atoms with Crippen molar-refractivity contribution in [2.24, 2.45) is 4.99 Å². The van der Waals surface area contributed by atoms with Gasteiger partial charge in [0.15, 0.2) is 0 Å². The highest BCUT2D eigenvalue weighted by molar-refractivity contribution is 5.86. The minimum atomic E-state index is 0.344. The van der Waals surface area contributed by atoms with Gasteiger partial charge in [-0.3, -0.25) is 4.99 Å². The third-order valence-electron chi connectivity index (χ3n) is 4.32. The van der Waals surface area contributed by atoms with Crippen molar-refractivity contribution in [2.45, 2.75) is 31.7 Å². The van der Waals surface area contributed by atoms with Crippen LogP contribution >= 0.6 is 0 Å². The maximum absolute atomic E-state index is 4.68. The van der Waals surface area contributed by atoms with Gasteiger partial charge in [-0.25, -0.2) is 0 Å². The van der Waals surface area contributed by atoms with Gasteiger partial charge < -0.3 is 10.6 Å². The first-order valence-electron chi connectivity index (χ1n) is 8.30. The first kappa shape index (κ1) is 15.0. The van der Waals surface area contributed by atoms with Crippen LogP contribution in [0.25, 0.3) is 10.8 Å². The topological polar surface area (TPSA) is 36.4 Å². The number of aliphatic imine (C=N–C) groups is 1. The molecule has 0 aromatic heterocycles. The van der Waals surface area contributed by atoms with Gasteiger partial charge in [-0.05, 0) is 48.8 Å². The third-order valence-corrected chi connectivity index (χ3v) is 4.32. The van der Waals surface area contributed by atoms with Gasteiger partial charge >= 0.3 is 0 Å². The van der Waals surface area contributed by atoms with E-state index in [2.05, 4.69) is 58.1 Å². The SMILES string of the molecule is CNCCCCCC1=NCC(c2ccc3ccccc3c2)N1. The van der Waals surface area contributed by atoms with Crippen LogP contribution in [0.2, 0.25) is 0 Å². The van der Waals surface area contributed by atoms with Gasteiger partial charge in [0.2, 0.25) is 0 Å². The third kappa shape index (κ3) is 3.66. The summed E-state index contributed by atoms with van der Waals surface area (Å²) in [7, 11) is 2.01. The molecular weight excluding hydrogens is 270 g/mol. The summed E-state index contributed by atoms with van der Waals surface area (Å²) in [5.74, 6) is 1.18. The minimum absolute atomic E-state index is 0.344. The summed E-state index contributed by atoms with van der Waals surface area (Å²) >= 11 is 0. The lowest BCUT2D eigenvalue weighted by atomic mass is 10.0. The molecule has 0 spiro atoms. The molecule has 22 heavy (non-hydrogen) atoms. The van der Waals surface area contributed by atoms with Gasteiger partial charge in [-0.1, -0.05) is 42.8 Å². The van der Waals surface area contributed by atoms with Crippen molar-refractivity contribution in [3.8, 4) is 0 Å². The first-order valence-corrected chi connectivity index (χ1v) is 8.30. The summed E-state index contributed by atoms with van der Waals surface area (Å²) in [6.07, 6.45) is 4.81. The molecule has 0 bridgehead atoms. The van der Waals surface area contributed by atoms with Gasteiger partial charge in [0.1, 0.15) is 0 Å². The Balaban J connectivity index is 1.54. The normalized spacial score (nSPS) is 17.5. The molecule has 1 heterocycles. The lowest BCUT2D eigenvalue weighted by Gasteiger charge is -2.13. The zero-order chi connectivity index (χ0) is 15.2. The molecule has 3 heteroatoms. The van der Waals surface area contributed by atoms with Crippen molar-refractivity contribution >= 4 is 16.6 Å². The van der Waals surface area contributed by atoms with Crippen molar-refractivity contribution in [1.82, 2.24) is 10.6 Å². The van der Waals surface area contributed by atoms with E-state index < -0.39 is 0 Å². The Morgan fingerprint density at radius 2 is 1.95 bits per heavy atom. The number of nitrogens with zero attached hydrogens (tertiary/aromatic N) is 1. The van der Waals surface area contributed by atoms with Crippen LogP contribution in [0.3, 0.4) is 0 Å². The van der Waals surface area contributed by atoms with E-state index in [4.69, 9.17) is 0 Å². The summed E-state index contributed by atoms with van der Waals surface area (Å²) in [6.45, 7) is 1.98. The zero-order valence-corrected chi connectivity index (χ0v) is 13.3. The summed E-state index contributed by atoms with van der Waals surface area (Å²) in [5, 5.41) is 9.40. The highest BCUT2D eigenvalue weighted by atomic mass is 15.1. The molecule has 3 rings (SSSR count). The van der Waals surface area contributed by atoms with Gasteiger partial charge in [0.25, 0.3) is 0 Å². The number of amidine groups is 1. The van der Waals surface area contributed by atoms with Crippen molar-refractivity contribution in [3.05, 3.63) is 48.0 Å². The molecule has 0 radical (unpaired) electrons. The standard InChI is InChI=1S/C19H25N3/c1-20-12-6-2-3-9-19-21-14-18(22-19)17-11-10-15-7-4-5-8-16(15)13-17/h4-5,7-8,10-11,13,18,20H,2-3,6,9,12,14H2,1H3,(H,21,22). The lowest BCUT2D eigenvalue weighted by Crippen LogP contribution is -2.23. The predicted octanol–water partition coefficient (Wildman–Crippen LogP) is 3.66. The lowest BCUT2D eigenvalue weighted by molar-refractivity contribution is 0.646. The number of unbranched alkanes of at least 4 members (excludes halogenated alkanes) is 2. The Labute approximate surface area is 132 Å². The molecule has 1 aliphatic rings. The fourth-order valence-corrected chi connectivity index (χ4v) is 3.03. The maximum Gasteiger partial charge on any atom is 0.0969 e. The van der Waals surface area contributed by atoms with E-state index >= 15 is 0 Å². The van der Waals surface area contributed by atoms with E-state index in [1.54, 1.807) is 0 Å². The van der Waals surface area contributed by atoms with Gasteiger partial charge in [0.05, 0.1) is 18.4 Å². The zero-order valence-electron chi connectivity index (χ0n) is 13.3. The minimum Gasteiger partial charge on any atom is -0.365 e. The molecule has 0 amide bonds. The summed E-state index contributed by atoms with van der Waals surface area (Å²) < 4.78 is 0. The molecule has 2 aromatic carbocycles. The molecule has 2 N–H and O–H groups in total. The van der Waals surface area contributed by atoms with Crippen LogP contribution in [0.4, 0.5) is 0 Å². The van der Waals surface area contributed by atoms with Crippen molar-refractivity contribution in [1.29, 1.82) is 0 Å². The largest absolute Gasteiger partial charge is 0.365 e. The fraction of sp³-hybridized carbons (Fsp3) is 0.421. The predicted molar refractivity (Wildman–Crippen MR) is 94.5 cm³/mol. The fourth-order valence-electron chi connectivity index (χ4n) is 3.03. The second-order valence-corrected chi connectivity index (χ2v) is 6.01. The van der Waals surface area contributed by atoms with Crippen molar-refractivity contribution in [3.63, 3.8) is 0 Å². The second-order valence-electron chi connectivity index (χ2n) is 6.01. The molecule has 3 nitrogen and oxygen atoms in total. The van der Waals surface area contributed by atoms with Crippen LogP contribution in [-0.2, 0) is 0 Å². The first-order chi connectivity index (χ1) is 10.9. The molecule has 0 fully saturated rings. The number of nitrogens with one attached hydrogen (secondary N) is 2. The van der Waals surface area contributed by atoms with E-state index in [9.17, 15) is 0 Å². The number of rotatable bonds is 7. The monoisotopic (exact) mass is 295 g/mol. The van der Waals surface area contributed by atoms with Crippen LogP contribution in [-0.4, -0.2) is 26.0 Å². The molecule has 0 aliphatic carbocycles. The highest BCUT2D eigenvalue weighted by Gasteiger charge is 2.18. The van der Waals surface area contributed by atoms with E-state index in [0.29, 0.717) is 6.04 Å². The van der Waals surface area contributed by atoms with E-state index in [-0.39, 0.29) is 0 Å². The summed E-state index contributed by atoms with van der Waals surface area (Å²) in [5.41, 5.74) is 1.34. The van der Waals surface area contributed by atoms with Crippen molar-refractivity contribution < 1.29 is 0 Å². The summed E-state index contributed by atoms with van der Waals surface area (Å²) in [6, 6.07) is 15.6. The van der Waals surface area contributed by atoms with Crippen LogP contribution < -0.4 is 10.6 Å². The van der Waals surface area contributed by atoms with E-state index in [0.717, 1.165) is 19.5 Å². The molecule has 1 atom stereocenters. The number of hydrogen-bond acceptors (Lipinski definition) is 3. The Morgan fingerprint density at radius 1 is 1.09 bits per heavy atom. The quantitative estimate of drug-likeness (QED) is 0.765. The molecule has 116 valence electrons. The molecular formula is C19H25N3. The maximum atomic E-state index is 4.68. The van der Waals surface area contributed by atoms with Crippen LogP contribution in [0.1, 0.15) is 37.3 Å². The molecule has 1 aliphatic heterocycles. The average Bonchev–Trinajstić information content (AvgIpc) is 3.03. The highest BCUT2D eigenvalue weighted by Crippen LogP contribution is 2.23. The van der Waals surface area contributed by atoms with Crippen LogP contribution in [0.15, 0.2) is 47.5 Å². The molecule has 1 unspecified atom stereocenters. The molecule has 0 saturated carbocycles. The Bertz CT molecular complexity index is 648. The molecule has 2 aromatic rings. The Hall–Kier alpha value is -1.87. The van der Waals surface area contributed by atoms with Crippen LogP contribution in [0.5, 0.6) is 0 Å². The number of benzene rings is 2. The van der Waals surface area contributed by atoms with E-state index in [1.165, 1.54) is 41.4 Å². The van der Waals surface area contributed by atoms with E-state index in [1.807, 2.05) is 7.05 Å². The van der Waals surface area contributed by atoms with Gasteiger partial charge in [0, 0.05) is 6.42 Å². The number of hydrogen-bond donors (Lipinski definition) is 2. The van der Waals surface area contributed by atoms with Gasteiger partial charge in [-0.15, -0.1) is 0 Å². The smallest absolute Gasteiger partial charge is 0.0969 e. The Kier molecular flexibility index (Phi) is 5.07. The Morgan fingerprint density at radius 3 is 2.82 bits per heavy atom. The van der Waals surface area contributed by atoms with Gasteiger partial charge in [-0.2, -0.15) is 0 Å². The summed E-state index contributed by atoms with van der Waals surface area (Å²) in [4.78, 5) is 4.68. The number of fused-ring (bicyclic) bond motifs is 1. The average molecular weight is 295 g/mol. The second kappa shape index (κ2) is 7.41. The van der Waals surface area contributed by atoms with Crippen LogP contribution in [0, 0.1) is 0 Å². The van der Waals surface area contributed by atoms with Crippen molar-refractivity contribution in [2.75, 3.05) is 20.1 Å².